The Kier molecular flexibility index (Phi) is 3.78. The number of nitrogens with two attached hydrogens (primary N) is 1. The standard InChI is InChI=1S/C14H25N3O2/c15-14(4-10-19-11-5-14)13(18)17-8-6-16(7-9-17)12-2-1-3-12/h12H,1-11,15H2. The molecule has 3 rings (SSSR count). The van der Waals surface area contributed by atoms with E-state index in [2.05, 4.69) is 4.90 Å². The maximum atomic E-state index is 12.6. The molecular formula is C14H25N3O2. The molecule has 0 aromatic rings. The van der Waals surface area contributed by atoms with Gasteiger partial charge < -0.3 is 15.4 Å². The maximum Gasteiger partial charge on any atom is 0.242 e. The van der Waals surface area contributed by atoms with Crippen molar-refractivity contribution in [1.82, 2.24) is 9.80 Å². The van der Waals surface area contributed by atoms with Crippen LogP contribution in [0.15, 0.2) is 0 Å². The average molecular weight is 267 g/mol. The molecule has 5 heteroatoms. The third-order valence-corrected chi connectivity index (χ3v) is 5.00. The Hall–Kier alpha value is -0.650. The first-order chi connectivity index (χ1) is 9.19. The number of hydrogen-bond acceptors (Lipinski definition) is 4. The summed E-state index contributed by atoms with van der Waals surface area (Å²) in [5.41, 5.74) is 5.61. The summed E-state index contributed by atoms with van der Waals surface area (Å²) in [6, 6.07) is 0.784. The molecule has 1 amide bonds. The smallest absolute Gasteiger partial charge is 0.242 e. The summed E-state index contributed by atoms with van der Waals surface area (Å²) in [5.74, 6) is 0.143. The summed E-state index contributed by atoms with van der Waals surface area (Å²) in [6.07, 6.45) is 5.37. The van der Waals surface area contributed by atoms with Gasteiger partial charge in [0.25, 0.3) is 0 Å². The van der Waals surface area contributed by atoms with Crippen LogP contribution in [-0.4, -0.2) is 66.7 Å². The number of amides is 1. The molecule has 0 atom stereocenters. The van der Waals surface area contributed by atoms with Crippen molar-refractivity contribution in [3.8, 4) is 0 Å². The van der Waals surface area contributed by atoms with E-state index in [0.717, 1.165) is 32.2 Å². The van der Waals surface area contributed by atoms with E-state index in [-0.39, 0.29) is 5.91 Å². The molecule has 108 valence electrons. The Morgan fingerprint density at radius 2 is 1.74 bits per heavy atom. The topological polar surface area (TPSA) is 58.8 Å². The summed E-state index contributed by atoms with van der Waals surface area (Å²) in [5, 5.41) is 0. The summed E-state index contributed by atoms with van der Waals surface area (Å²) in [6.45, 7) is 4.95. The van der Waals surface area contributed by atoms with E-state index in [9.17, 15) is 4.79 Å². The van der Waals surface area contributed by atoms with Crippen LogP contribution in [0.1, 0.15) is 32.1 Å². The van der Waals surface area contributed by atoms with Crippen molar-refractivity contribution < 1.29 is 9.53 Å². The number of rotatable bonds is 2. The SMILES string of the molecule is NC1(C(=O)N2CCN(C3CCC3)CC2)CCOCC1. The van der Waals surface area contributed by atoms with Gasteiger partial charge in [-0.05, 0) is 25.7 Å². The highest BCUT2D eigenvalue weighted by molar-refractivity contribution is 5.86. The Bertz CT molecular complexity index is 330. The van der Waals surface area contributed by atoms with Crippen LogP contribution >= 0.6 is 0 Å². The van der Waals surface area contributed by atoms with Gasteiger partial charge >= 0.3 is 0 Å². The summed E-state index contributed by atoms with van der Waals surface area (Å²) >= 11 is 0. The summed E-state index contributed by atoms with van der Waals surface area (Å²) in [7, 11) is 0. The van der Waals surface area contributed by atoms with Crippen molar-refractivity contribution in [1.29, 1.82) is 0 Å². The van der Waals surface area contributed by atoms with Crippen molar-refractivity contribution in [2.45, 2.75) is 43.7 Å². The van der Waals surface area contributed by atoms with Gasteiger partial charge in [0.2, 0.25) is 5.91 Å². The van der Waals surface area contributed by atoms with Crippen molar-refractivity contribution in [2.75, 3.05) is 39.4 Å². The fourth-order valence-electron chi connectivity index (χ4n) is 3.31. The average Bonchev–Trinajstić information content (AvgIpc) is 2.38. The van der Waals surface area contributed by atoms with Gasteiger partial charge in [-0.2, -0.15) is 0 Å². The van der Waals surface area contributed by atoms with Crippen molar-refractivity contribution in [3.63, 3.8) is 0 Å². The fraction of sp³-hybridized carbons (Fsp3) is 0.929. The number of hydrogen-bond donors (Lipinski definition) is 1. The molecule has 0 bridgehead atoms. The van der Waals surface area contributed by atoms with Crippen LogP contribution < -0.4 is 5.73 Å². The number of carbonyl (C=O) groups excluding carboxylic acids is 1. The molecule has 2 N–H and O–H groups in total. The molecule has 3 aliphatic rings. The third kappa shape index (κ3) is 2.64. The first kappa shape index (κ1) is 13.3. The number of carbonyl (C=O) groups is 1. The summed E-state index contributed by atoms with van der Waals surface area (Å²) in [4.78, 5) is 17.1. The van der Waals surface area contributed by atoms with Crippen molar-refractivity contribution in [2.24, 2.45) is 5.73 Å². The van der Waals surface area contributed by atoms with Gasteiger partial charge in [-0.25, -0.2) is 0 Å². The normalized spacial score (nSPS) is 29.0. The number of nitrogens with zero attached hydrogens (tertiary/aromatic N) is 2. The largest absolute Gasteiger partial charge is 0.381 e. The Morgan fingerprint density at radius 3 is 2.26 bits per heavy atom. The van der Waals surface area contributed by atoms with E-state index in [4.69, 9.17) is 10.5 Å². The second-order valence-electron chi connectivity index (χ2n) is 6.18. The van der Waals surface area contributed by atoms with E-state index in [1.54, 1.807) is 0 Å². The van der Waals surface area contributed by atoms with Gasteiger partial charge in [-0.3, -0.25) is 9.69 Å². The minimum atomic E-state index is -0.670. The lowest BCUT2D eigenvalue weighted by Crippen LogP contribution is -2.62. The molecule has 19 heavy (non-hydrogen) atoms. The second-order valence-corrected chi connectivity index (χ2v) is 6.18. The van der Waals surface area contributed by atoms with Crippen LogP contribution in [0.5, 0.6) is 0 Å². The molecule has 2 saturated heterocycles. The molecule has 2 aliphatic heterocycles. The Labute approximate surface area is 115 Å². The van der Waals surface area contributed by atoms with E-state index in [1.165, 1.54) is 19.3 Å². The van der Waals surface area contributed by atoms with Gasteiger partial charge in [-0.1, -0.05) is 6.42 Å². The number of piperazine rings is 1. The van der Waals surface area contributed by atoms with Crippen LogP contribution in [0.4, 0.5) is 0 Å². The minimum absolute atomic E-state index is 0.143. The van der Waals surface area contributed by atoms with E-state index in [0.29, 0.717) is 26.1 Å². The molecule has 2 heterocycles. The molecule has 1 aliphatic carbocycles. The monoisotopic (exact) mass is 267 g/mol. The summed E-state index contributed by atoms with van der Waals surface area (Å²) < 4.78 is 5.31. The molecule has 0 radical (unpaired) electrons. The zero-order valence-corrected chi connectivity index (χ0v) is 11.6. The molecule has 0 spiro atoms. The van der Waals surface area contributed by atoms with E-state index < -0.39 is 5.54 Å². The van der Waals surface area contributed by atoms with Crippen molar-refractivity contribution >= 4 is 5.91 Å². The maximum absolute atomic E-state index is 12.6. The van der Waals surface area contributed by atoms with Crippen LogP contribution in [0.3, 0.4) is 0 Å². The second kappa shape index (κ2) is 5.38. The Morgan fingerprint density at radius 1 is 1.11 bits per heavy atom. The molecule has 1 saturated carbocycles. The Balaban J connectivity index is 1.53. The molecule has 3 fully saturated rings. The lowest BCUT2D eigenvalue weighted by molar-refractivity contribution is -0.143. The van der Waals surface area contributed by atoms with Gasteiger partial charge in [-0.15, -0.1) is 0 Å². The van der Waals surface area contributed by atoms with E-state index in [1.807, 2.05) is 4.90 Å². The quantitative estimate of drug-likeness (QED) is 0.776. The highest BCUT2D eigenvalue weighted by Gasteiger charge is 2.40. The van der Waals surface area contributed by atoms with Crippen LogP contribution in [0, 0.1) is 0 Å². The van der Waals surface area contributed by atoms with Crippen LogP contribution in [-0.2, 0) is 9.53 Å². The zero-order chi connectivity index (χ0) is 13.3. The van der Waals surface area contributed by atoms with Crippen molar-refractivity contribution in [3.05, 3.63) is 0 Å². The lowest BCUT2D eigenvalue weighted by atomic mass is 9.89. The first-order valence-corrected chi connectivity index (χ1v) is 7.59. The van der Waals surface area contributed by atoms with Crippen LogP contribution in [0.25, 0.3) is 0 Å². The molecule has 0 aromatic heterocycles. The lowest BCUT2D eigenvalue weighted by Gasteiger charge is -2.45. The molecule has 5 nitrogen and oxygen atoms in total. The fourth-order valence-corrected chi connectivity index (χ4v) is 3.31. The molecule has 0 unspecified atom stereocenters. The predicted octanol–water partition coefficient (Wildman–Crippen LogP) is 0.191. The highest BCUT2D eigenvalue weighted by atomic mass is 16.5. The van der Waals surface area contributed by atoms with Gasteiger partial charge in [0.15, 0.2) is 0 Å². The van der Waals surface area contributed by atoms with E-state index >= 15 is 0 Å². The molecular weight excluding hydrogens is 242 g/mol. The van der Waals surface area contributed by atoms with Gasteiger partial charge in [0.1, 0.15) is 0 Å². The highest BCUT2D eigenvalue weighted by Crippen LogP contribution is 2.26. The first-order valence-electron chi connectivity index (χ1n) is 7.59. The van der Waals surface area contributed by atoms with Gasteiger partial charge in [0, 0.05) is 45.4 Å². The predicted molar refractivity (Wildman–Crippen MR) is 72.8 cm³/mol. The van der Waals surface area contributed by atoms with Crippen LogP contribution in [0.2, 0.25) is 0 Å². The minimum Gasteiger partial charge on any atom is -0.381 e. The molecule has 0 aromatic carbocycles. The number of ether oxygens (including phenoxy) is 1. The third-order valence-electron chi connectivity index (χ3n) is 5.00. The zero-order valence-electron chi connectivity index (χ0n) is 11.6. The van der Waals surface area contributed by atoms with Gasteiger partial charge in [0.05, 0.1) is 5.54 Å².